The highest BCUT2D eigenvalue weighted by Crippen LogP contribution is 2.25. The quantitative estimate of drug-likeness (QED) is 0.502. The number of anilines is 1. The Morgan fingerprint density at radius 3 is 2.52 bits per heavy atom. The van der Waals surface area contributed by atoms with Gasteiger partial charge in [-0.2, -0.15) is 4.98 Å². The van der Waals surface area contributed by atoms with Gasteiger partial charge in [-0.05, 0) is 31.2 Å². The van der Waals surface area contributed by atoms with E-state index in [1.807, 2.05) is 31.2 Å². The van der Waals surface area contributed by atoms with Gasteiger partial charge in [0.25, 0.3) is 5.89 Å². The number of nitrogens with zero attached hydrogens (tertiary/aromatic N) is 2. The van der Waals surface area contributed by atoms with Crippen molar-refractivity contribution >= 4 is 17.6 Å². The van der Waals surface area contributed by atoms with Crippen LogP contribution in [-0.2, 0) is 19.1 Å². The maximum absolute atomic E-state index is 11.9. The van der Waals surface area contributed by atoms with Crippen LogP contribution in [0.1, 0.15) is 5.56 Å². The number of hydrogen-bond donors (Lipinski definition) is 1. The summed E-state index contributed by atoms with van der Waals surface area (Å²) in [5.41, 5.74) is 3.04. The number of nitrogens with one attached hydrogen (secondary N) is 1. The van der Waals surface area contributed by atoms with Crippen LogP contribution in [0.15, 0.2) is 64.8 Å². The fourth-order valence-corrected chi connectivity index (χ4v) is 2.56. The van der Waals surface area contributed by atoms with Gasteiger partial charge in [-0.15, -0.1) is 0 Å². The van der Waals surface area contributed by atoms with E-state index >= 15 is 0 Å². The zero-order chi connectivity index (χ0) is 20.8. The minimum atomic E-state index is -0.708. The normalized spacial score (nSPS) is 11.1. The third-order valence-corrected chi connectivity index (χ3v) is 3.96. The molecule has 0 aliphatic heterocycles. The lowest BCUT2D eigenvalue weighted by Crippen LogP contribution is -2.15. The molecule has 29 heavy (non-hydrogen) atoms. The van der Waals surface area contributed by atoms with Gasteiger partial charge in [-0.1, -0.05) is 35.0 Å². The van der Waals surface area contributed by atoms with E-state index < -0.39 is 11.9 Å². The Balaban J connectivity index is 1.87. The van der Waals surface area contributed by atoms with Crippen LogP contribution in [0, 0.1) is 6.92 Å². The van der Waals surface area contributed by atoms with Gasteiger partial charge < -0.3 is 19.3 Å². The van der Waals surface area contributed by atoms with Crippen LogP contribution >= 0.6 is 0 Å². The van der Waals surface area contributed by atoms with Crippen molar-refractivity contribution in [2.75, 3.05) is 19.5 Å². The van der Waals surface area contributed by atoms with Gasteiger partial charge in [-0.3, -0.25) is 0 Å². The molecule has 148 valence electrons. The van der Waals surface area contributed by atoms with E-state index in [4.69, 9.17) is 4.52 Å². The largest absolute Gasteiger partial charge is 0.466 e. The number of esters is 2. The van der Waals surface area contributed by atoms with E-state index in [-0.39, 0.29) is 5.70 Å². The van der Waals surface area contributed by atoms with Crippen molar-refractivity contribution in [3.05, 3.63) is 65.9 Å². The molecule has 0 aliphatic rings. The molecule has 1 aromatic heterocycles. The summed E-state index contributed by atoms with van der Waals surface area (Å²) in [7, 11) is 2.44. The number of ether oxygens (including phenoxy) is 2. The Hall–Kier alpha value is -3.94. The van der Waals surface area contributed by atoms with E-state index in [2.05, 4.69) is 24.9 Å². The summed E-state index contributed by atoms with van der Waals surface area (Å²) in [5, 5.41) is 6.88. The van der Waals surface area contributed by atoms with Gasteiger partial charge in [0.05, 0.1) is 20.3 Å². The zero-order valence-corrected chi connectivity index (χ0v) is 16.1. The Bertz CT molecular complexity index is 1070. The number of carbonyl (C=O) groups is 2. The Morgan fingerprint density at radius 1 is 1.03 bits per heavy atom. The van der Waals surface area contributed by atoms with E-state index in [1.54, 1.807) is 24.3 Å². The van der Waals surface area contributed by atoms with Crippen molar-refractivity contribution in [3.63, 3.8) is 0 Å². The number of aryl methyl sites for hydroxylation is 1. The predicted molar refractivity (Wildman–Crippen MR) is 106 cm³/mol. The minimum Gasteiger partial charge on any atom is -0.466 e. The summed E-state index contributed by atoms with van der Waals surface area (Å²) < 4.78 is 14.6. The molecule has 0 saturated carbocycles. The van der Waals surface area contributed by atoms with Crippen molar-refractivity contribution in [2.24, 2.45) is 0 Å². The van der Waals surface area contributed by atoms with Crippen LogP contribution in [-0.4, -0.2) is 36.3 Å². The molecule has 0 aliphatic carbocycles. The monoisotopic (exact) mass is 393 g/mol. The molecule has 3 rings (SSSR count). The van der Waals surface area contributed by atoms with Crippen molar-refractivity contribution in [1.82, 2.24) is 10.1 Å². The minimum absolute atomic E-state index is 0.0671. The molecule has 1 N–H and O–H groups in total. The molecule has 0 radical (unpaired) electrons. The summed E-state index contributed by atoms with van der Waals surface area (Å²) >= 11 is 0. The highest BCUT2D eigenvalue weighted by Gasteiger charge is 2.15. The van der Waals surface area contributed by atoms with Crippen LogP contribution in [0.2, 0.25) is 0 Å². The van der Waals surface area contributed by atoms with Crippen LogP contribution in [0.25, 0.3) is 22.8 Å². The summed E-state index contributed by atoms with van der Waals surface area (Å²) in [5.74, 6) is -0.598. The molecule has 3 aromatic rings. The molecule has 8 nitrogen and oxygen atoms in total. The molecule has 0 amide bonds. The number of aromatic nitrogens is 2. The molecule has 1 heterocycles. The summed E-state index contributed by atoms with van der Waals surface area (Å²) in [4.78, 5) is 27.9. The Morgan fingerprint density at radius 2 is 1.79 bits per heavy atom. The van der Waals surface area contributed by atoms with Gasteiger partial charge in [0.15, 0.2) is 0 Å². The molecule has 8 heteroatoms. The maximum atomic E-state index is 11.9. The highest BCUT2D eigenvalue weighted by atomic mass is 16.5. The first-order valence-corrected chi connectivity index (χ1v) is 8.66. The van der Waals surface area contributed by atoms with Crippen molar-refractivity contribution in [1.29, 1.82) is 0 Å². The van der Waals surface area contributed by atoms with Crippen molar-refractivity contribution in [2.45, 2.75) is 6.92 Å². The second kappa shape index (κ2) is 8.83. The van der Waals surface area contributed by atoms with Gasteiger partial charge >= 0.3 is 11.9 Å². The molecule has 0 saturated heterocycles. The van der Waals surface area contributed by atoms with Crippen molar-refractivity contribution in [3.8, 4) is 22.8 Å². The van der Waals surface area contributed by atoms with Gasteiger partial charge in [0.1, 0.15) is 5.70 Å². The fraction of sp³-hybridized carbons (Fsp3) is 0.143. The SMILES string of the molecule is COC(=O)/C=C(/Nc1cccc(-c2nc(-c3cccc(C)c3)no2)c1)C(=O)OC. The molecule has 0 atom stereocenters. The number of methoxy groups -OCH3 is 2. The lowest BCUT2D eigenvalue weighted by atomic mass is 10.1. The molecular formula is C21H19N3O5. The molecule has 2 aromatic carbocycles. The van der Waals surface area contributed by atoms with Crippen LogP contribution in [0.3, 0.4) is 0 Å². The molecule has 0 spiro atoms. The summed E-state index contributed by atoms with van der Waals surface area (Å²) in [6, 6.07) is 14.7. The highest BCUT2D eigenvalue weighted by molar-refractivity contribution is 5.98. The summed E-state index contributed by atoms with van der Waals surface area (Å²) in [6.07, 6.45) is 1.01. The predicted octanol–water partition coefficient (Wildman–Crippen LogP) is 3.35. The molecule has 0 fully saturated rings. The smallest absolute Gasteiger partial charge is 0.354 e. The molecular weight excluding hydrogens is 374 g/mol. The van der Waals surface area contributed by atoms with Crippen LogP contribution in [0.5, 0.6) is 0 Å². The lowest BCUT2D eigenvalue weighted by molar-refractivity contribution is -0.138. The topological polar surface area (TPSA) is 104 Å². The number of rotatable bonds is 6. The van der Waals surface area contributed by atoms with Crippen LogP contribution < -0.4 is 5.32 Å². The van der Waals surface area contributed by atoms with Gasteiger partial charge in [0, 0.05) is 16.8 Å². The lowest BCUT2D eigenvalue weighted by Gasteiger charge is -2.09. The summed E-state index contributed by atoms with van der Waals surface area (Å²) in [6.45, 7) is 1.99. The van der Waals surface area contributed by atoms with Crippen molar-refractivity contribution < 1.29 is 23.6 Å². The second-order valence-electron chi connectivity index (χ2n) is 6.07. The first-order valence-electron chi connectivity index (χ1n) is 8.66. The van der Waals surface area contributed by atoms with Gasteiger partial charge in [0.2, 0.25) is 5.82 Å². The fourth-order valence-electron chi connectivity index (χ4n) is 2.56. The maximum Gasteiger partial charge on any atom is 0.354 e. The van der Waals surface area contributed by atoms with E-state index in [9.17, 15) is 9.59 Å². The second-order valence-corrected chi connectivity index (χ2v) is 6.07. The molecule has 0 unspecified atom stereocenters. The third kappa shape index (κ3) is 4.86. The zero-order valence-electron chi connectivity index (χ0n) is 16.1. The Kier molecular flexibility index (Phi) is 6.03. The van der Waals surface area contributed by atoms with E-state index in [0.717, 1.165) is 17.2 Å². The molecule has 0 bridgehead atoms. The standard InChI is InChI=1S/C21H19N3O5/c1-13-6-4-7-14(10-13)19-23-20(29-24-19)15-8-5-9-16(11-15)22-17(21(26)28-3)12-18(25)27-2/h4-12,22H,1-3H3/b17-12+. The number of carbonyl (C=O) groups excluding carboxylic acids is 2. The van der Waals surface area contributed by atoms with Crippen LogP contribution in [0.4, 0.5) is 5.69 Å². The average molecular weight is 393 g/mol. The number of benzene rings is 2. The first kappa shape index (κ1) is 19.8. The number of hydrogen-bond acceptors (Lipinski definition) is 8. The third-order valence-electron chi connectivity index (χ3n) is 3.96. The average Bonchev–Trinajstić information content (AvgIpc) is 3.23. The van der Waals surface area contributed by atoms with Gasteiger partial charge in [-0.25, -0.2) is 9.59 Å². The van der Waals surface area contributed by atoms with E-state index in [1.165, 1.54) is 14.2 Å². The van der Waals surface area contributed by atoms with E-state index in [0.29, 0.717) is 23.0 Å². The first-order chi connectivity index (χ1) is 14.0. The Labute approximate surface area is 167 Å².